The minimum absolute atomic E-state index is 0.112. The molecule has 25 heavy (non-hydrogen) atoms. The van der Waals surface area contributed by atoms with E-state index >= 15 is 0 Å². The highest BCUT2D eigenvalue weighted by atomic mass is 32.2. The minimum Gasteiger partial charge on any atom is -0.322 e. The summed E-state index contributed by atoms with van der Waals surface area (Å²) in [6, 6.07) is 11.7. The van der Waals surface area contributed by atoms with Gasteiger partial charge in [-0.15, -0.1) is 0 Å². The average Bonchev–Trinajstić information content (AvgIpc) is 2.48. The van der Waals surface area contributed by atoms with Crippen LogP contribution in [0.2, 0.25) is 0 Å². The topological polar surface area (TPSA) is 75.3 Å². The van der Waals surface area contributed by atoms with Gasteiger partial charge in [0, 0.05) is 16.8 Å². The molecule has 0 atom stereocenters. The Morgan fingerprint density at radius 3 is 2.28 bits per heavy atom. The maximum absolute atomic E-state index is 12.5. The Labute approximate surface area is 149 Å². The largest absolute Gasteiger partial charge is 0.322 e. The van der Waals surface area contributed by atoms with Gasteiger partial charge in [0.1, 0.15) is 0 Å². The first-order chi connectivity index (χ1) is 11.5. The molecule has 2 aromatic carbocycles. The molecule has 0 heterocycles. The highest BCUT2D eigenvalue weighted by Gasteiger charge is 2.22. The van der Waals surface area contributed by atoms with Crippen LogP contribution in [-0.4, -0.2) is 19.9 Å². The van der Waals surface area contributed by atoms with Crippen molar-refractivity contribution in [3.8, 4) is 0 Å². The second-order valence-corrected chi connectivity index (χ2v) is 8.77. The van der Waals surface area contributed by atoms with Crippen LogP contribution in [0.25, 0.3) is 0 Å². The highest BCUT2D eigenvalue weighted by molar-refractivity contribution is 7.89. The number of rotatable bonds is 4. The Morgan fingerprint density at radius 1 is 1.00 bits per heavy atom. The summed E-state index contributed by atoms with van der Waals surface area (Å²) in [4.78, 5) is 12.6. The maximum Gasteiger partial charge on any atom is 0.255 e. The van der Waals surface area contributed by atoms with Crippen LogP contribution in [0, 0.1) is 13.8 Å². The van der Waals surface area contributed by atoms with Crippen LogP contribution >= 0.6 is 0 Å². The highest BCUT2D eigenvalue weighted by Crippen LogP contribution is 2.19. The van der Waals surface area contributed by atoms with E-state index in [0.717, 1.165) is 11.1 Å². The van der Waals surface area contributed by atoms with Crippen LogP contribution in [0.3, 0.4) is 0 Å². The summed E-state index contributed by atoms with van der Waals surface area (Å²) >= 11 is 0. The van der Waals surface area contributed by atoms with Crippen LogP contribution in [0.1, 0.15) is 42.3 Å². The summed E-state index contributed by atoms with van der Waals surface area (Å²) in [5, 5.41) is 2.77. The predicted octanol–water partition coefficient (Wildman–Crippen LogP) is 3.63. The van der Waals surface area contributed by atoms with Gasteiger partial charge in [-0.05, 0) is 70.0 Å². The molecule has 2 rings (SSSR count). The molecule has 5 nitrogen and oxygen atoms in total. The summed E-state index contributed by atoms with van der Waals surface area (Å²) in [5.74, 6) is -0.264. The molecule has 0 aliphatic carbocycles. The van der Waals surface area contributed by atoms with Gasteiger partial charge in [-0.2, -0.15) is 0 Å². The lowest BCUT2D eigenvalue weighted by molar-refractivity contribution is 0.102. The minimum atomic E-state index is -3.66. The molecule has 0 spiro atoms. The monoisotopic (exact) mass is 360 g/mol. The van der Waals surface area contributed by atoms with Crippen LogP contribution < -0.4 is 10.0 Å². The van der Waals surface area contributed by atoms with Crippen molar-refractivity contribution in [2.45, 2.75) is 45.1 Å². The molecule has 0 fully saturated rings. The smallest absolute Gasteiger partial charge is 0.255 e. The molecular weight excluding hydrogens is 336 g/mol. The molecule has 6 heteroatoms. The van der Waals surface area contributed by atoms with Gasteiger partial charge in [-0.1, -0.05) is 18.2 Å². The van der Waals surface area contributed by atoms with E-state index in [1.807, 2.05) is 26.0 Å². The van der Waals surface area contributed by atoms with E-state index in [9.17, 15) is 13.2 Å². The Bertz CT molecular complexity index is 897. The number of hydrogen-bond donors (Lipinski definition) is 2. The summed E-state index contributed by atoms with van der Waals surface area (Å²) in [6.45, 7) is 9.15. The van der Waals surface area contributed by atoms with Crippen molar-refractivity contribution in [2.24, 2.45) is 0 Å². The Hall–Kier alpha value is -2.18. The fraction of sp³-hybridized carbons (Fsp3) is 0.316. The third-order valence-corrected chi connectivity index (χ3v) is 5.45. The number of carbonyl (C=O) groups is 1. The van der Waals surface area contributed by atoms with Gasteiger partial charge in [0.05, 0.1) is 4.90 Å². The molecule has 0 aliphatic rings. The maximum atomic E-state index is 12.5. The standard InChI is InChI=1S/C19H24N2O3S/c1-13-8-6-11-17(14(13)2)18(22)20-15-9-7-10-16(12-15)25(23,24)21-19(3,4)5/h6-12,21H,1-5H3,(H,20,22). The molecule has 2 N–H and O–H groups in total. The third-order valence-electron chi connectivity index (χ3n) is 3.69. The molecule has 0 aromatic heterocycles. The normalized spacial score (nSPS) is 12.0. The van der Waals surface area contributed by atoms with Gasteiger partial charge in [-0.25, -0.2) is 13.1 Å². The molecule has 134 valence electrons. The number of amides is 1. The van der Waals surface area contributed by atoms with E-state index in [-0.39, 0.29) is 10.8 Å². The van der Waals surface area contributed by atoms with E-state index in [4.69, 9.17) is 0 Å². The number of hydrogen-bond acceptors (Lipinski definition) is 3. The predicted molar refractivity (Wildman–Crippen MR) is 100 cm³/mol. The number of benzene rings is 2. The first-order valence-corrected chi connectivity index (χ1v) is 9.49. The average molecular weight is 360 g/mol. The molecule has 0 radical (unpaired) electrons. The van der Waals surface area contributed by atoms with Crippen LogP contribution in [-0.2, 0) is 10.0 Å². The number of sulfonamides is 1. The van der Waals surface area contributed by atoms with E-state index in [0.29, 0.717) is 11.3 Å². The van der Waals surface area contributed by atoms with E-state index in [2.05, 4.69) is 10.0 Å². The Balaban J connectivity index is 2.28. The van der Waals surface area contributed by atoms with Gasteiger partial charge in [0.25, 0.3) is 5.91 Å². The quantitative estimate of drug-likeness (QED) is 0.874. The van der Waals surface area contributed by atoms with Crippen molar-refractivity contribution in [3.05, 3.63) is 59.2 Å². The van der Waals surface area contributed by atoms with Crippen LogP contribution in [0.5, 0.6) is 0 Å². The van der Waals surface area contributed by atoms with Gasteiger partial charge in [0.2, 0.25) is 10.0 Å². The molecule has 0 saturated heterocycles. The molecule has 2 aromatic rings. The van der Waals surface area contributed by atoms with Gasteiger partial charge < -0.3 is 5.32 Å². The number of aryl methyl sites for hydroxylation is 1. The fourth-order valence-electron chi connectivity index (χ4n) is 2.40. The lowest BCUT2D eigenvalue weighted by Gasteiger charge is -2.20. The fourth-order valence-corrected chi connectivity index (χ4v) is 3.86. The van der Waals surface area contributed by atoms with Crippen molar-refractivity contribution >= 4 is 21.6 Å². The number of carbonyl (C=O) groups excluding carboxylic acids is 1. The zero-order chi connectivity index (χ0) is 18.8. The number of anilines is 1. The van der Waals surface area contributed by atoms with Gasteiger partial charge >= 0.3 is 0 Å². The molecular formula is C19H24N2O3S. The SMILES string of the molecule is Cc1cccc(C(=O)Nc2cccc(S(=O)(=O)NC(C)(C)C)c2)c1C. The first-order valence-electron chi connectivity index (χ1n) is 8.01. The second-order valence-electron chi connectivity index (χ2n) is 7.08. The third kappa shape index (κ3) is 4.90. The molecule has 0 saturated carbocycles. The van der Waals surface area contributed by atoms with Crippen molar-refractivity contribution < 1.29 is 13.2 Å². The van der Waals surface area contributed by atoms with Crippen molar-refractivity contribution in [3.63, 3.8) is 0 Å². The van der Waals surface area contributed by atoms with Gasteiger partial charge in [-0.3, -0.25) is 4.79 Å². The first kappa shape index (κ1) is 19.1. The summed E-state index contributed by atoms with van der Waals surface area (Å²) in [7, 11) is -3.66. The van der Waals surface area contributed by atoms with E-state index in [1.165, 1.54) is 12.1 Å². The number of nitrogens with one attached hydrogen (secondary N) is 2. The summed E-state index contributed by atoms with van der Waals surface area (Å²) in [6.07, 6.45) is 0. The molecule has 0 aliphatic heterocycles. The molecule has 0 bridgehead atoms. The Morgan fingerprint density at radius 2 is 1.64 bits per heavy atom. The van der Waals surface area contributed by atoms with Crippen molar-refractivity contribution in [1.29, 1.82) is 0 Å². The van der Waals surface area contributed by atoms with Crippen LogP contribution in [0.4, 0.5) is 5.69 Å². The van der Waals surface area contributed by atoms with Crippen molar-refractivity contribution in [1.82, 2.24) is 4.72 Å². The van der Waals surface area contributed by atoms with E-state index in [1.54, 1.807) is 39.0 Å². The van der Waals surface area contributed by atoms with Crippen LogP contribution in [0.15, 0.2) is 47.4 Å². The second kappa shape index (κ2) is 6.98. The zero-order valence-corrected chi connectivity index (χ0v) is 16.0. The molecule has 1 amide bonds. The lowest BCUT2D eigenvalue weighted by atomic mass is 10.0. The lowest BCUT2D eigenvalue weighted by Crippen LogP contribution is -2.40. The molecule has 0 unspecified atom stereocenters. The van der Waals surface area contributed by atoms with Crippen molar-refractivity contribution in [2.75, 3.05) is 5.32 Å². The summed E-state index contributed by atoms with van der Waals surface area (Å²) < 4.78 is 27.5. The summed E-state index contributed by atoms with van der Waals surface area (Å²) in [5.41, 5.74) is 2.34. The Kier molecular flexibility index (Phi) is 5.34. The van der Waals surface area contributed by atoms with Gasteiger partial charge in [0.15, 0.2) is 0 Å². The van der Waals surface area contributed by atoms with E-state index < -0.39 is 15.6 Å². The zero-order valence-electron chi connectivity index (χ0n) is 15.2.